The molecule has 0 aliphatic carbocycles. The summed E-state index contributed by atoms with van der Waals surface area (Å²) in [5.74, 6) is 0.665. The molecule has 3 aromatic rings. The van der Waals surface area contributed by atoms with Crippen LogP contribution >= 0.6 is 34.2 Å². The summed E-state index contributed by atoms with van der Waals surface area (Å²) < 4.78 is 10.6. The standard InChI is InChI=1S/C27H29ClIN3O4/c1-4-13-36-27(34)31-11-12-32(17(2)23(29)16-31)26(33)19-7-10-21-22(28)15-24(30-25(21)14-19)18-5-8-20(35-3)9-6-18/h5-10,14-15,17,23H,4,11-13,16H2,1-3H3. The highest BCUT2D eigenvalue weighted by atomic mass is 127. The monoisotopic (exact) mass is 621 g/mol. The first-order chi connectivity index (χ1) is 17.3. The Bertz CT molecular complexity index is 1250. The zero-order chi connectivity index (χ0) is 25.8. The van der Waals surface area contributed by atoms with Gasteiger partial charge in [-0.15, -0.1) is 0 Å². The molecule has 0 N–H and O–H groups in total. The number of pyridine rings is 1. The van der Waals surface area contributed by atoms with E-state index in [0.717, 1.165) is 28.8 Å². The molecule has 0 bridgehead atoms. The van der Waals surface area contributed by atoms with Gasteiger partial charge in [0.15, 0.2) is 0 Å². The van der Waals surface area contributed by atoms with Gasteiger partial charge in [0.1, 0.15) is 5.75 Å². The third-order valence-corrected chi connectivity index (χ3v) is 8.11. The van der Waals surface area contributed by atoms with E-state index < -0.39 is 0 Å². The molecular weight excluding hydrogens is 593 g/mol. The van der Waals surface area contributed by atoms with Gasteiger partial charge in [0.05, 0.1) is 29.9 Å². The highest BCUT2D eigenvalue weighted by Gasteiger charge is 2.33. The summed E-state index contributed by atoms with van der Waals surface area (Å²) >= 11 is 8.90. The zero-order valence-electron chi connectivity index (χ0n) is 20.5. The molecule has 1 aliphatic heterocycles. The molecule has 2 amide bonds. The van der Waals surface area contributed by atoms with Crippen molar-refractivity contribution in [2.75, 3.05) is 33.4 Å². The van der Waals surface area contributed by atoms with Gasteiger partial charge in [0.25, 0.3) is 5.91 Å². The number of halogens is 2. The Hall–Kier alpha value is -2.59. The summed E-state index contributed by atoms with van der Waals surface area (Å²) in [5, 5.41) is 1.35. The maximum atomic E-state index is 13.6. The minimum Gasteiger partial charge on any atom is -0.497 e. The highest BCUT2D eigenvalue weighted by molar-refractivity contribution is 14.1. The normalized spacial score (nSPS) is 18.1. The van der Waals surface area contributed by atoms with Gasteiger partial charge in [-0.1, -0.05) is 47.2 Å². The van der Waals surface area contributed by atoms with E-state index in [1.165, 1.54) is 0 Å². The van der Waals surface area contributed by atoms with Crippen LogP contribution in [0.25, 0.3) is 22.2 Å². The van der Waals surface area contributed by atoms with E-state index in [4.69, 9.17) is 26.1 Å². The third kappa shape index (κ3) is 5.70. The molecule has 0 spiro atoms. The summed E-state index contributed by atoms with van der Waals surface area (Å²) in [5.41, 5.74) is 2.81. The van der Waals surface area contributed by atoms with Crippen LogP contribution < -0.4 is 4.74 Å². The lowest BCUT2D eigenvalue weighted by molar-refractivity contribution is 0.0699. The van der Waals surface area contributed by atoms with E-state index in [1.54, 1.807) is 24.1 Å². The summed E-state index contributed by atoms with van der Waals surface area (Å²) in [6, 6.07) is 14.8. The first-order valence-corrected chi connectivity index (χ1v) is 13.6. The average molecular weight is 622 g/mol. The molecule has 36 heavy (non-hydrogen) atoms. The van der Waals surface area contributed by atoms with Crippen molar-refractivity contribution >= 4 is 57.1 Å². The summed E-state index contributed by atoms with van der Waals surface area (Å²) in [4.78, 5) is 34.4. The van der Waals surface area contributed by atoms with Crippen LogP contribution in [0, 0.1) is 0 Å². The lowest BCUT2D eigenvalue weighted by Gasteiger charge is -2.29. The zero-order valence-corrected chi connectivity index (χ0v) is 23.5. The van der Waals surface area contributed by atoms with Gasteiger partial charge in [0, 0.05) is 46.1 Å². The number of aromatic nitrogens is 1. The number of benzene rings is 2. The predicted molar refractivity (Wildman–Crippen MR) is 150 cm³/mol. The Morgan fingerprint density at radius 3 is 2.58 bits per heavy atom. The molecule has 2 aromatic carbocycles. The number of amides is 2. The Morgan fingerprint density at radius 2 is 1.89 bits per heavy atom. The van der Waals surface area contributed by atoms with Gasteiger partial charge >= 0.3 is 6.09 Å². The molecule has 4 rings (SSSR count). The van der Waals surface area contributed by atoms with Gasteiger partial charge in [-0.2, -0.15) is 0 Å². The van der Waals surface area contributed by atoms with Crippen LogP contribution in [0.3, 0.4) is 0 Å². The molecule has 1 fully saturated rings. The van der Waals surface area contributed by atoms with Crippen LogP contribution in [-0.4, -0.2) is 70.1 Å². The maximum Gasteiger partial charge on any atom is 0.409 e. The van der Waals surface area contributed by atoms with Crippen molar-refractivity contribution in [1.29, 1.82) is 0 Å². The van der Waals surface area contributed by atoms with Crippen LogP contribution in [0.2, 0.25) is 5.02 Å². The van der Waals surface area contributed by atoms with Crippen molar-refractivity contribution in [2.24, 2.45) is 0 Å². The van der Waals surface area contributed by atoms with Crippen LogP contribution in [0.15, 0.2) is 48.5 Å². The molecule has 1 aliphatic rings. The Balaban J connectivity index is 1.60. The van der Waals surface area contributed by atoms with Crippen molar-refractivity contribution < 1.29 is 19.1 Å². The number of carbonyl (C=O) groups is 2. The average Bonchev–Trinajstić information content (AvgIpc) is 3.04. The second-order valence-corrected chi connectivity index (χ2v) is 10.8. The quantitative estimate of drug-likeness (QED) is 0.256. The fourth-order valence-corrected chi connectivity index (χ4v) is 5.34. The largest absolute Gasteiger partial charge is 0.497 e. The maximum absolute atomic E-state index is 13.6. The van der Waals surface area contributed by atoms with Gasteiger partial charge in [-0.3, -0.25) is 4.79 Å². The van der Waals surface area contributed by atoms with Crippen molar-refractivity contribution in [3.8, 4) is 17.0 Å². The fraction of sp³-hybridized carbons (Fsp3) is 0.370. The van der Waals surface area contributed by atoms with Crippen LogP contribution in [-0.2, 0) is 4.74 Å². The van der Waals surface area contributed by atoms with E-state index in [9.17, 15) is 9.59 Å². The van der Waals surface area contributed by atoms with E-state index in [0.29, 0.717) is 42.3 Å². The first-order valence-electron chi connectivity index (χ1n) is 11.9. The summed E-state index contributed by atoms with van der Waals surface area (Å²) in [6.07, 6.45) is 0.449. The molecule has 7 nitrogen and oxygen atoms in total. The van der Waals surface area contributed by atoms with Crippen LogP contribution in [0.4, 0.5) is 4.79 Å². The molecule has 1 saturated heterocycles. The van der Waals surface area contributed by atoms with Gasteiger partial charge in [-0.25, -0.2) is 9.78 Å². The number of methoxy groups -OCH3 is 1. The number of rotatable bonds is 5. The lowest BCUT2D eigenvalue weighted by atomic mass is 10.1. The molecule has 190 valence electrons. The minimum atomic E-state index is -0.323. The first kappa shape index (κ1) is 26.5. The number of fused-ring (bicyclic) bond motifs is 1. The van der Waals surface area contributed by atoms with Gasteiger partial charge in [-0.05, 0) is 55.8 Å². The molecule has 0 saturated carbocycles. The Morgan fingerprint density at radius 1 is 1.14 bits per heavy atom. The smallest absolute Gasteiger partial charge is 0.409 e. The molecule has 2 unspecified atom stereocenters. The Kier molecular flexibility index (Phi) is 8.56. The predicted octanol–water partition coefficient (Wildman–Crippen LogP) is 6.06. The van der Waals surface area contributed by atoms with Crippen molar-refractivity contribution in [1.82, 2.24) is 14.8 Å². The second-order valence-electron chi connectivity index (χ2n) is 8.77. The lowest BCUT2D eigenvalue weighted by Crippen LogP contribution is -2.43. The van der Waals surface area contributed by atoms with Crippen molar-refractivity contribution in [3.05, 3.63) is 59.1 Å². The van der Waals surface area contributed by atoms with Gasteiger partial charge < -0.3 is 19.3 Å². The van der Waals surface area contributed by atoms with Crippen molar-refractivity contribution in [3.63, 3.8) is 0 Å². The van der Waals surface area contributed by atoms with Gasteiger partial charge in [0.2, 0.25) is 0 Å². The van der Waals surface area contributed by atoms with E-state index in [1.807, 2.05) is 55.1 Å². The van der Waals surface area contributed by atoms with E-state index in [-0.39, 0.29) is 22.0 Å². The van der Waals surface area contributed by atoms with Crippen LogP contribution in [0.5, 0.6) is 5.75 Å². The van der Waals surface area contributed by atoms with E-state index >= 15 is 0 Å². The SMILES string of the molecule is CCCOC(=O)N1CCN(C(=O)c2ccc3c(Cl)cc(-c4ccc(OC)cc4)nc3c2)C(C)C(I)C1. The number of nitrogens with zero attached hydrogens (tertiary/aromatic N) is 3. The number of ether oxygens (including phenoxy) is 2. The van der Waals surface area contributed by atoms with Crippen LogP contribution in [0.1, 0.15) is 30.6 Å². The number of hydrogen-bond donors (Lipinski definition) is 0. The summed E-state index contributed by atoms with van der Waals surface area (Å²) in [7, 11) is 1.62. The third-order valence-electron chi connectivity index (χ3n) is 6.36. The topological polar surface area (TPSA) is 72.0 Å². The molecule has 0 radical (unpaired) electrons. The number of alkyl halides is 1. The minimum absolute atomic E-state index is 0.0556. The number of hydrogen-bond acceptors (Lipinski definition) is 5. The second kappa shape index (κ2) is 11.6. The Labute approximate surface area is 229 Å². The number of carbonyl (C=O) groups excluding carboxylic acids is 2. The fourth-order valence-electron chi connectivity index (χ4n) is 4.21. The highest BCUT2D eigenvalue weighted by Crippen LogP contribution is 2.30. The molecule has 1 aromatic heterocycles. The summed E-state index contributed by atoms with van der Waals surface area (Å²) in [6.45, 7) is 5.77. The molecule has 2 heterocycles. The van der Waals surface area contributed by atoms with E-state index in [2.05, 4.69) is 22.6 Å². The molecule has 2 atom stereocenters. The van der Waals surface area contributed by atoms with Crippen molar-refractivity contribution in [2.45, 2.75) is 30.2 Å². The molecule has 9 heteroatoms. The molecular formula is C27H29ClIN3O4.